The fourth-order valence-corrected chi connectivity index (χ4v) is 6.73. The van der Waals surface area contributed by atoms with Crippen molar-refractivity contribution >= 4 is 21.4 Å². The molecule has 2 aromatic rings. The fraction of sp³-hybridized carbons (Fsp3) is 0.350. The Morgan fingerprint density at radius 2 is 1.90 bits per heavy atom. The number of piperidine rings is 1. The maximum atomic E-state index is 15.0. The minimum atomic E-state index is -4.18. The van der Waals surface area contributed by atoms with E-state index in [1.807, 2.05) is 0 Å². The summed E-state index contributed by atoms with van der Waals surface area (Å²) in [5.74, 6) is -2.03. The van der Waals surface area contributed by atoms with E-state index in [2.05, 4.69) is 11.4 Å². The monoisotopic (exact) mass is 438 g/mol. The van der Waals surface area contributed by atoms with Gasteiger partial charge in [0.15, 0.2) is 21.4 Å². The van der Waals surface area contributed by atoms with Crippen LogP contribution < -0.4 is 10.1 Å². The third-order valence-corrected chi connectivity index (χ3v) is 8.48. The molecule has 5 nitrogen and oxygen atoms in total. The number of fused-ring (bicyclic) bond motifs is 3. The number of hydrogen-bond acceptors (Lipinski definition) is 5. The molecule has 2 heterocycles. The molecule has 29 heavy (non-hydrogen) atoms. The lowest BCUT2D eigenvalue weighted by molar-refractivity contribution is 0.137. The first-order valence-corrected chi connectivity index (χ1v) is 10.9. The van der Waals surface area contributed by atoms with E-state index >= 15 is 4.39 Å². The highest BCUT2D eigenvalue weighted by molar-refractivity contribution is 7.92. The van der Waals surface area contributed by atoms with E-state index in [9.17, 15) is 12.8 Å². The van der Waals surface area contributed by atoms with Gasteiger partial charge in [-0.3, -0.25) is 0 Å². The van der Waals surface area contributed by atoms with E-state index in [0.29, 0.717) is 11.4 Å². The normalized spacial score (nSPS) is 26.0. The summed E-state index contributed by atoms with van der Waals surface area (Å²) in [6.07, 6.45) is 0.511. The van der Waals surface area contributed by atoms with Gasteiger partial charge in [-0.05, 0) is 49.2 Å². The molecule has 1 N–H and O–H groups in total. The number of nitrogens with one attached hydrogen (secondary N) is 1. The quantitative estimate of drug-likeness (QED) is 0.790. The second-order valence-corrected chi connectivity index (χ2v) is 9.85. The lowest BCUT2D eigenvalue weighted by Gasteiger charge is -2.49. The SMILES string of the molecule is N#CC[C@@H]1CC[C@@]2(S(=O)(=O)c3ccc(Cl)cc3)c3c(F)ccc(F)c3OCC2N1. The van der Waals surface area contributed by atoms with Gasteiger partial charge in [0.25, 0.3) is 0 Å². The van der Waals surface area contributed by atoms with Crippen molar-refractivity contribution in [3.8, 4) is 11.8 Å². The molecule has 0 spiro atoms. The first-order valence-electron chi connectivity index (χ1n) is 9.05. The smallest absolute Gasteiger partial charge is 0.190 e. The van der Waals surface area contributed by atoms with E-state index in [1.54, 1.807) is 0 Å². The van der Waals surface area contributed by atoms with Crippen LogP contribution in [0, 0.1) is 23.0 Å². The van der Waals surface area contributed by atoms with Gasteiger partial charge in [-0.15, -0.1) is 0 Å². The predicted molar refractivity (Wildman–Crippen MR) is 102 cm³/mol. The molecule has 0 bridgehead atoms. The summed E-state index contributed by atoms with van der Waals surface area (Å²) >= 11 is 5.90. The third kappa shape index (κ3) is 3.00. The van der Waals surface area contributed by atoms with E-state index < -0.39 is 32.3 Å². The predicted octanol–water partition coefficient (Wildman–Crippen LogP) is 3.71. The molecule has 0 radical (unpaired) electrons. The highest BCUT2D eigenvalue weighted by atomic mass is 35.5. The third-order valence-electron chi connectivity index (χ3n) is 5.68. The Labute approximate surface area is 172 Å². The van der Waals surface area contributed by atoms with Gasteiger partial charge in [-0.2, -0.15) is 5.26 Å². The average molecular weight is 439 g/mol. The van der Waals surface area contributed by atoms with Gasteiger partial charge in [-0.1, -0.05) is 11.6 Å². The summed E-state index contributed by atoms with van der Waals surface area (Å²) in [6, 6.07) is 8.39. The summed E-state index contributed by atoms with van der Waals surface area (Å²) in [6.45, 7) is -0.165. The first kappa shape index (κ1) is 20.1. The molecule has 4 rings (SSSR count). The molecule has 2 aromatic carbocycles. The van der Waals surface area contributed by atoms with Crippen LogP contribution in [-0.4, -0.2) is 27.1 Å². The fourth-order valence-electron chi connectivity index (χ4n) is 4.33. The Bertz CT molecular complexity index is 1100. The molecule has 0 saturated carbocycles. The van der Waals surface area contributed by atoms with Crippen molar-refractivity contribution in [3.63, 3.8) is 0 Å². The van der Waals surface area contributed by atoms with Crippen molar-refractivity contribution in [2.24, 2.45) is 0 Å². The molecule has 0 aromatic heterocycles. The van der Waals surface area contributed by atoms with Crippen LogP contribution in [0.5, 0.6) is 5.75 Å². The lowest BCUT2D eigenvalue weighted by Crippen LogP contribution is -2.64. The molecule has 1 saturated heterocycles. The van der Waals surface area contributed by atoms with Crippen LogP contribution in [0.3, 0.4) is 0 Å². The van der Waals surface area contributed by atoms with Crippen molar-refractivity contribution in [1.29, 1.82) is 5.26 Å². The molecule has 2 aliphatic heterocycles. The molecular weight excluding hydrogens is 422 g/mol. The Balaban J connectivity index is 1.96. The van der Waals surface area contributed by atoms with Crippen LogP contribution in [-0.2, 0) is 14.6 Å². The van der Waals surface area contributed by atoms with E-state index in [-0.39, 0.29) is 41.7 Å². The van der Waals surface area contributed by atoms with Gasteiger partial charge in [0, 0.05) is 11.1 Å². The minimum absolute atomic E-state index is 0.0265. The molecule has 0 aliphatic carbocycles. The van der Waals surface area contributed by atoms with Crippen molar-refractivity contribution in [2.75, 3.05) is 6.61 Å². The number of rotatable bonds is 3. The molecule has 2 aliphatic rings. The molecule has 1 fully saturated rings. The summed E-state index contributed by atoms with van der Waals surface area (Å²) in [7, 11) is -4.18. The largest absolute Gasteiger partial charge is 0.488 e. The van der Waals surface area contributed by atoms with Crippen LogP contribution in [0.4, 0.5) is 8.78 Å². The number of ether oxygens (including phenoxy) is 1. The topological polar surface area (TPSA) is 79.2 Å². The summed E-state index contributed by atoms with van der Waals surface area (Å²) in [4.78, 5) is -0.0380. The van der Waals surface area contributed by atoms with Gasteiger partial charge in [0.1, 0.15) is 17.2 Å². The van der Waals surface area contributed by atoms with Gasteiger partial charge < -0.3 is 10.1 Å². The summed E-state index contributed by atoms with van der Waals surface area (Å²) in [5.41, 5.74) is -0.299. The standard InChI is InChI=1S/C20H17ClF2N2O3S/c21-12-1-3-14(4-2-12)29(26,27)20-9-7-13(8-10-24)25-17(20)11-28-19-16(23)6-5-15(22)18(19)20/h1-6,13,17,25H,7-9,11H2/t13-,17?,20-/m0/s1. The average Bonchev–Trinajstić information content (AvgIpc) is 2.70. The molecule has 9 heteroatoms. The molecule has 152 valence electrons. The second-order valence-electron chi connectivity index (χ2n) is 7.21. The number of halogens is 3. The summed E-state index contributed by atoms with van der Waals surface area (Å²) < 4.78 is 60.9. The highest BCUT2D eigenvalue weighted by Crippen LogP contribution is 2.52. The van der Waals surface area contributed by atoms with E-state index in [1.165, 1.54) is 24.3 Å². The van der Waals surface area contributed by atoms with Gasteiger partial charge in [0.2, 0.25) is 0 Å². The zero-order valence-electron chi connectivity index (χ0n) is 15.2. The van der Waals surface area contributed by atoms with Gasteiger partial charge >= 0.3 is 0 Å². The van der Waals surface area contributed by atoms with Gasteiger partial charge in [-0.25, -0.2) is 17.2 Å². The number of nitriles is 1. The van der Waals surface area contributed by atoms with Crippen molar-refractivity contribution < 1.29 is 21.9 Å². The Morgan fingerprint density at radius 3 is 2.59 bits per heavy atom. The van der Waals surface area contributed by atoms with Crippen LogP contribution >= 0.6 is 11.6 Å². The Kier molecular flexibility index (Phi) is 5.01. The van der Waals surface area contributed by atoms with Crippen molar-refractivity contribution in [2.45, 2.75) is 41.0 Å². The van der Waals surface area contributed by atoms with Crippen LogP contribution in [0.25, 0.3) is 0 Å². The second kappa shape index (κ2) is 7.24. The first-order chi connectivity index (χ1) is 13.8. The molecular formula is C20H17ClF2N2O3S. The van der Waals surface area contributed by atoms with Crippen molar-refractivity contribution in [3.05, 3.63) is 58.6 Å². The maximum absolute atomic E-state index is 15.0. The zero-order valence-corrected chi connectivity index (χ0v) is 16.7. The van der Waals surface area contributed by atoms with Crippen molar-refractivity contribution in [1.82, 2.24) is 5.32 Å². The Hall–Kier alpha value is -2.21. The molecule has 0 amide bonds. The highest BCUT2D eigenvalue weighted by Gasteiger charge is 2.59. The molecule has 3 atom stereocenters. The number of hydrogen-bond donors (Lipinski definition) is 1. The number of nitrogens with zero attached hydrogens (tertiary/aromatic N) is 1. The van der Waals surface area contributed by atoms with E-state index in [0.717, 1.165) is 12.1 Å². The van der Waals surface area contributed by atoms with Crippen LogP contribution in [0.15, 0.2) is 41.3 Å². The number of sulfone groups is 1. The van der Waals surface area contributed by atoms with E-state index in [4.69, 9.17) is 21.6 Å². The molecule has 1 unspecified atom stereocenters. The van der Waals surface area contributed by atoms with Crippen LogP contribution in [0.2, 0.25) is 5.02 Å². The van der Waals surface area contributed by atoms with Gasteiger partial charge in [0.05, 0.1) is 29.0 Å². The maximum Gasteiger partial charge on any atom is 0.190 e. The zero-order chi connectivity index (χ0) is 20.8. The lowest BCUT2D eigenvalue weighted by atomic mass is 9.79. The number of benzene rings is 2. The Morgan fingerprint density at radius 1 is 1.21 bits per heavy atom. The minimum Gasteiger partial charge on any atom is -0.488 e. The summed E-state index contributed by atoms with van der Waals surface area (Å²) in [5, 5.41) is 12.5. The van der Waals surface area contributed by atoms with Crippen LogP contribution in [0.1, 0.15) is 24.8 Å².